The van der Waals surface area contributed by atoms with Crippen molar-refractivity contribution in [1.82, 2.24) is 4.98 Å². The minimum Gasteiger partial charge on any atom is -0.377 e. The van der Waals surface area contributed by atoms with E-state index >= 15 is 0 Å². The minimum absolute atomic E-state index is 0.0351. The van der Waals surface area contributed by atoms with Gasteiger partial charge in [-0.1, -0.05) is 30.3 Å². The Morgan fingerprint density at radius 3 is 2.24 bits per heavy atom. The average molecular weight is 396 g/mol. The van der Waals surface area contributed by atoms with Gasteiger partial charge in [0.25, 0.3) is 6.33 Å². The highest BCUT2D eigenvalue weighted by Gasteiger charge is 2.36. The molecule has 6 heteroatoms. The van der Waals surface area contributed by atoms with E-state index in [1.807, 2.05) is 57.2 Å². The fraction of sp³-hybridized carbons (Fsp3) is 0.217. The molecule has 0 saturated heterocycles. The van der Waals surface area contributed by atoms with E-state index in [4.69, 9.17) is 0 Å². The van der Waals surface area contributed by atoms with Gasteiger partial charge >= 0.3 is 6.18 Å². The lowest BCUT2D eigenvalue weighted by molar-refractivity contribution is -0.662. The number of alkyl halides is 3. The quantitative estimate of drug-likeness (QED) is 0.430. The molecule has 0 bridgehead atoms. The van der Waals surface area contributed by atoms with Crippen LogP contribution < -0.4 is 9.47 Å². The molecule has 0 atom stereocenters. The Hall–Kier alpha value is -3.15. The second kappa shape index (κ2) is 6.72. The molecule has 0 unspecified atom stereocenters. The molecule has 4 rings (SSSR count). The summed E-state index contributed by atoms with van der Waals surface area (Å²) in [4.78, 5) is 6.14. The number of aromatic nitrogens is 2. The highest BCUT2D eigenvalue weighted by atomic mass is 19.4. The van der Waals surface area contributed by atoms with E-state index in [2.05, 4.69) is 11.1 Å². The summed E-state index contributed by atoms with van der Waals surface area (Å²) in [5.41, 5.74) is 2.88. The summed E-state index contributed by atoms with van der Waals surface area (Å²) in [5, 5.41) is 2.66. The number of benzene rings is 3. The number of nitrogens with zero attached hydrogens (tertiary/aromatic N) is 3. The molecule has 0 aliphatic heterocycles. The van der Waals surface area contributed by atoms with Crippen LogP contribution in [0, 0.1) is 6.92 Å². The van der Waals surface area contributed by atoms with E-state index in [1.54, 1.807) is 10.6 Å². The van der Waals surface area contributed by atoms with E-state index in [-0.39, 0.29) is 5.52 Å². The van der Waals surface area contributed by atoms with Gasteiger partial charge in [-0.05, 0) is 41.1 Å². The lowest BCUT2D eigenvalue weighted by Gasteiger charge is -2.20. The third-order valence-electron chi connectivity index (χ3n) is 5.34. The Morgan fingerprint density at radius 1 is 0.931 bits per heavy atom. The van der Waals surface area contributed by atoms with Crippen molar-refractivity contribution in [2.24, 2.45) is 7.05 Å². The monoisotopic (exact) mass is 396 g/mol. The van der Waals surface area contributed by atoms with Crippen molar-refractivity contribution in [3.63, 3.8) is 0 Å². The molecular formula is C23H21F3N3+. The summed E-state index contributed by atoms with van der Waals surface area (Å²) in [7, 11) is 5.74. The second-order valence-corrected chi connectivity index (χ2v) is 7.41. The van der Waals surface area contributed by atoms with E-state index in [0.29, 0.717) is 11.1 Å². The van der Waals surface area contributed by atoms with Crippen LogP contribution in [0.1, 0.15) is 11.1 Å². The van der Waals surface area contributed by atoms with E-state index in [0.717, 1.165) is 33.7 Å². The molecule has 0 fully saturated rings. The molecule has 3 nitrogen and oxygen atoms in total. The van der Waals surface area contributed by atoms with Gasteiger partial charge in [-0.25, -0.2) is 4.57 Å². The third kappa shape index (κ3) is 3.09. The van der Waals surface area contributed by atoms with Crippen LogP contribution >= 0.6 is 0 Å². The molecule has 0 N–H and O–H groups in total. The first-order valence-electron chi connectivity index (χ1n) is 9.24. The second-order valence-electron chi connectivity index (χ2n) is 7.41. The highest BCUT2D eigenvalue weighted by molar-refractivity contribution is 6.03. The van der Waals surface area contributed by atoms with Crippen LogP contribution in [0.25, 0.3) is 32.9 Å². The van der Waals surface area contributed by atoms with Gasteiger partial charge in [-0.15, -0.1) is 0 Å². The number of aryl methyl sites for hydroxylation is 2. The fourth-order valence-electron chi connectivity index (χ4n) is 3.95. The van der Waals surface area contributed by atoms with Gasteiger partial charge in [0.05, 0.1) is 12.4 Å². The summed E-state index contributed by atoms with van der Waals surface area (Å²) < 4.78 is 42.5. The zero-order chi connectivity index (χ0) is 20.9. The molecule has 0 amide bonds. The predicted molar refractivity (Wildman–Crippen MR) is 110 cm³/mol. The third-order valence-corrected chi connectivity index (χ3v) is 5.34. The Balaban J connectivity index is 2.15. The van der Waals surface area contributed by atoms with E-state index < -0.39 is 11.7 Å². The lowest BCUT2D eigenvalue weighted by Crippen LogP contribution is -2.32. The summed E-state index contributed by atoms with van der Waals surface area (Å²) >= 11 is 0. The first-order valence-corrected chi connectivity index (χ1v) is 9.24. The Bertz CT molecular complexity index is 1240. The van der Waals surface area contributed by atoms with Gasteiger partial charge in [0.1, 0.15) is 11.3 Å². The first-order chi connectivity index (χ1) is 13.7. The van der Waals surface area contributed by atoms with E-state index in [9.17, 15) is 13.2 Å². The minimum atomic E-state index is -4.46. The Kier molecular flexibility index (Phi) is 4.45. The number of rotatable bonds is 2. The molecular weight excluding hydrogens is 375 g/mol. The molecule has 0 aliphatic rings. The largest absolute Gasteiger partial charge is 0.420 e. The lowest BCUT2D eigenvalue weighted by atomic mass is 9.93. The topological polar surface area (TPSA) is 20.0 Å². The van der Waals surface area contributed by atoms with Gasteiger partial charge in [0.2, 0.25) is 0 Å². The summed E-state index contributed by atoms with van der Waals surface area (Å²) in [6.45, 7) is 2.01. The number of anilines is 1. The number of hydrogen-bond donors (Lipinski definition) is 0. The molecule has 0 aliphatic carbocycles. The maximum Gasteiger partial charge on any atom is 0.420 e. The smallest absolute Gasteiger partial charge is 0.377 e. The normalized spacial score (nSPS) is 12.0. The van der Waals surface area contributed by atoms with Gasteiger partial charge in [-0.3, -0.25) is 0 Å². The molecule has 3 aromatic carbocycles. The van der Waals surface area contributed by atoms with Crippen LogP contribution in [-0.2, 0) is 13.2 Å². The van der Waals surface area contributed by atoms with Crippen LogP contribution in [0.2, 0.25) is 0 Å². The molecule has 1 heterocycles. The molecule has 0 radical (unpaired) electrons. The maximum atomic E-state index is 13.6. The SMILES string of the molecule is Cc1c(-c2c3cccc(C(F)(F)F)c3nc[n+]2C)cc(N(C)C)c2ccccc12. The molecule has 0 saturated carbocycles. The molecule has 4 aromatic rings. The van der Waals surface area contributed by atoms with Crippen LogP contribution in [0.15, 0.2) is 54.9 Å². The molecule has 0 spiro atoms. The van der Waals surface area contributed by atoms with Gasteiger partial charge in [-0.2, -0.15) is 13.2 Å². The van der Waals surface area contributed by atoms with Gasteiger partial charge in [0, 0.05) is 30.7 Å². The Labute approximate surface area is 167 Å². The average Bonchev–Trinajstić information content (AvgIpc) is 2.67. The zero-order valence-corrected chi connectivity index (χ0v) is 16.7. The molecule has 29 heavy (non-hydrogen) atoms. The van der Waals surface area contributed by atoms with Crippen molar-refractivity contribution in [1.29, 1.82) is 0 Å². The van der Waals surface area contributed by atoms with Crippen LogP contribution in [-0.4, -0.2) is 19.1 Å². The van der Waals surface area contributed by atoms with Crippen molar-refractivity contribution in [3.05, 3.63) is 66.0 Å². The van der Waals surface area contributed by atoms with Crippen molar-refractivity contribution in [3.8, 4) is 11.3 Å². The fourth-order valence-corrected chi connectivity index (χ4v) is 3.95. The van der Waals surface area contributed by atoms with Crippen LogP contribution in [0.4, 0.5) is 18.9 Å². The molecule has 1 aromatic heterocycles. The van der Waals surface area contributed by atoms with E-state index in [1.165, 1.54) is 12.4 Å². The zero-order valence-electron chi connectivity index (χ0n) is 16.7. The summed E-state index contributed by atoms with van der Waals surface area (Å²) in [6.07, 6.45) is -3.01. The maximum absolute atomic E-state index is 13.6. The highest BCUT2D eigenvalue weighted by Crippen LogP contribution is 2.39. The van der Waals surface area contributed by atoms with Crippen molar-refractivity contribution >= 4 is 27.4 Å². The van der Waals surface area contributed by atoms with Crippen molar-refractivity contribution < 1.29 is 17.7 Å². The predicted octanol–water partition coefficient (Wildman–Crippen LogP) is 5.27. The Morgan fingerprint density at radius 2 is 1.59 bits per heavy atom. The van der Waals surface area contributed by atoms with Crippen molar-refractivity contribution in [2.75, 3.05) is 19.0 Å². The number of fused-ring (bicyclic) bond motifs is 2. The van der Waals surface area contributed by atoms with Crippen LogP contribution in [0.3, 0.4) is 0 Å². The number of hydrogen-bond acceptors (Lipinski definition) is 2. The van der Waals surface area contributed by atoms with Gasteiger partial charge in [0.15, 0.2) is 5.52 Å². The molecule has 148 valence electrons. The van der Waals surface area contributed by atoms with Crippen LogP contribution in [0.5, 0.6) is 0 Å². The van der Waals surface area contributed by atoms with Crippen molar-refractivity contribution in [2.45, 2.75) is 13.1 Å². The summed E-state index contributed by atoms with van der Waals surface area (Å²) in [5.74, 6) is 0. The van der Waals surface area contributed by atoms with Gasteiger partial charge < -0.3 is 4.90 Å². The number of halogens is 3. The number of para-hydroxylation sites is 1. The first kappa shape index (κ1) is 19.2. The summed E-state index contributed by atoms with van der Waals surface area (Å²) in [6, 6.07) is 14.4. The standard InChI is InChI=1S/C23H21F3N3/c1-14-15-8-5-6-9-16(15)20(28(2)3)12-18(14)22-17-10-7-11-19(23(24,25)26)21(17)27-13-29(22)4/h5-13H,1-4H3/q+1.